The molecule has 0 spiro atoms. The molecule has 1 nitrogen and oxygen atoms in total. The first-order valence-electron chi connectivity index (χ1n) is 4.48. The van der Waals surface area contributed by atoms with E-state index in [1.165, 1.54) is 25.7 Å². The Kier molecular flexibility index (Phi) is 1.69. The van der Waals surface area contributed by atoms with Crippen LogP contribution in [0.15, 0.2) is 0 Å². The van der Waals surface area contributed by atoms with E-state index in [2.05, 4.69) is 6.92 Å². The van der Waals surface area contributed by atoms with Gasteiger partial charge >= 0.3 is 0 Å². The number of fused-ring (bicyclic) bond motifs is 2. The normalized spacial score (nSPS) is 47.1. The lowest BCUT2D eigenvalue weighted by atomic mass is 9.77. The Morgan fingerprint density at radius 2 is 2.20 bits per heavy atom. The molecule has 0 aromatic rings. The summed E-state index contributed by atoms with van der Waals surface area (Å²) in [7, 11) is 0. The minimum Gasteiger partial charge on any atom is -0.378 e. The molecule has 3 atom stereocenters. The zero-order valence-electron chi connectivity index (χ0n) is 6.68. The SMILES string of the molecule is CC1OCC2CCCC1C2. The summed E-state index contributed by atoms with van der Waals surface area (Å²) >= 11 is 0. The summed E-state index contributed by atoms with van der Waals surface area (Å²) < 4.78 is 5.64. The van der Waals surface area contributed by atoms with Crippen molar-refractivity contribution in [1.29, 1.82) is 0 Å². The third-order valence-electron chi connectivity index (χ3n) is 3.08. The minimum absolute atomic E-state index is 0.552. The van der Waals surface area contributed by atoms with Crippen molar-refractivity contribution in [3.63, 3.8) is 0 Å². The van der Waals surface area contributed by atoms with Gasteiger partial charge in [-0.2, -0.15) is 0 Å². The van der Waals surface area contributed by atoms with Crippen LogP contribution in [0.3, 0.4) is 0 Å². The van der Waals surface area contributed by atoms with Crippen LogP contribution in [0, 0.1) is 11.8 Å². The van der Waals surface area contributed by atoms with Gasteiger partial charge in [-0.15, -0.1) is 0 Å². The van der Waals surface area contributed by atoms with Gasteiger partial charge in [-0.05, 0) is 38.0 Å². The molecule has 0 amide bonds. The fourth-order valence-corrected chi connectivity index (χ4v) is 2.33. The van der Waals surface area contributed by atoms with E-state index in [4.69, 9.17) is 4.74 Å². The molecule has 0 aromatic carbocycles. The molecule has 0 radical (unpaired) electrons. The molecular weight excluding hydrogens is 124 g/mol. The highest BCUT2D eigenvalue weighted by Crippen LogP contribution is 2.36. The highest BCUT2D eigenvalue weighted by molar-refractivity contribution is 4.80. The van der Waals surface area contributed by atoms with Crippen LogP contribution in [0.25, 0.3) is 0 Å². The Hall–Kier alpha value is -0.0400. The summed E-state index contributed by atoms with van der Waals surface area (Å²) in [6.07, 6.45) is 6.28. The molecule has 1 aliphatic heterocycles. The maximum Gasteiger partial charge on any atom is 0.0575 e. The monoisotopic (exact) mass is 140 g/mol. The van der Waals surface area contributed by atoms with Gasteiger partial charge < -0.3 is 4.74 Å². The molecule has 2 aliphatic rings. The molecule has 1 aliphatic carbocycles. The first-order chi connectivity index (χ1) is 4.86. The van der Waals surface area contributed by atoms with Gasteiger partial charge in [0.2, 0.25) is 0 Å². The molecule has 1 heterocycles. The molecule has 1 saturated carbocycles. The predicted octanol–water partition coefficient (Wildman–Crippen LogP) is 2.21. The fraction of sp³-hybridized carbons (Fsp3) is 1.00. The molecule has 3 unspecified atom stereocenters. The largest absolute Gasteiger partial charge is 0.378 e. The molecule has 0 N–H and O–H groups in total. The van der Waals surface area contributed by atoms with Gasteiger partial charge in [0.15, 0.2) is 0 Å². The van der Waals surface area contributed by atoms with Crippen LogP contribution in [0.4, 0.5) is 0 Å². The Labute approximate surface area is 62.8 Å². The third kappa shape index (κ3) is 1.07. The van der Waals surface area contributed by atoms with Crippen molar-refractivity contribution in [3.05, 3.63) is 0 Å². The number of rotatable bonds is 0. The summed E-state index contributed by atoms with van der Waals surface area (Å²) in [4.78, 5) is 0. The molecule has 58 valence electrons. The lowest BCUT2D eigenvalue weighted by Crippen LogP contribution is -2.35. The Morgan fingerprint density at radius 1 is 1.30 bits per heavy atom. The van der Waals surface area contributed by atoms with E-state index in [0.29, 0.717) is 6.10 Å². The van der Waals surface area contributed by atoms with Crippen LogP contribution >= 0.6 is 0 Å². The zero-order chi connectivity index (χ0) is 6.97. The summed E-state index contributed by atoms with van der Waals surface area (Å²) in [6.45, 7) is 3.27. The maximum absolute atomic E-state index is 5.64. The van der Waals surface area contributed by atoms with E-state index in [1.54, 1.807) is 0 Å². The van der Waals surface area contributed by atoms with Crippen molar-refractivity contribution in [2.45, 2.75) is 38.7 Å². The summed E-state index contributed by atoms with van der Waals surface area (Å²) in [6, 6.07) is 0. The number of hydrogen-bond donors (Lipinski definition) is 0. The highest BCUT2D eigenvalue weighted by atomic mass is 16.5. The first kappa shape index (κ1) is 6.66. The van der Waals surface area contributed by atoms with Crippen molar-refractivity contribution in [2.24, 2.45) is 11.8 Å². The molecule has 10 heavy (non-hydrogen) atoms. The zero-order valence-corrected chi connectivity index (χ0v) is 6.68. The van der Waals surface area contributed by atoms with Gasteiger partial charge in [0.1, 0.15) is 0 Å². The van der Waals surface area contributed by atoms with E-state index in [-0.39, 0.29) is 0 Å². The maximum atomic E-state index is 5.64. The van der Waals surface area contributed by atoms with Gasteiger partial charge in [-0.3, -0.25) is 0 Å². The fourth-order valence-electron chi connectivity index (χ4n) is 2.33. The quantitative estimate of drug-likeness (QED) is 0.501. The Morgan fingerprint density at radius 3 is 3.00 bits per heavy atom. The molecule has 1 saturated heterocycles. The second-order valence-corrected chi connectivity index (χ2v) is 3.83. The molecule has 2 bridgehead atoms. The van der Waals surface area contributed by atoms with Gasteiger partial charge in [0, 0.05) is 6.61 Å². The van der Waals surface area contributed by atoms with E-state index in [1.807, 2.05) is 0 Å². The first-order valence-corrected chi connectivity index (χ1v) is 4.48. The lowest BCUT2D eigenvalue weighted by Gasteiger charge is -2.38. The summed E-state index contributed by atoms with van der Waals surface area (Å²) in [5.74, 6) is 1.81. The van der Waals surface area contributed by atoms with Crippen molar-refractivity contribution in [2.75, 3.05) is 6.61 Å². The van der Waals surface area contributed by atoms with Crippen molar-refractivity contribution >= 4 is 0 Å². The third-order valence-corrected chi connectivity index (χ3v) is 3.08. The Bertz CT molecular complexity index is 120. The summed E-state index contributed by atoms with van der Waals surface area (Å²) in [5.41, 5.74) is 0. The van der Waals surface area contributed by atoms with Gasteiger partial charge in [0.05, 0.1) is 6.10 Å². The topological polar surface area (TPSA) is 9.23 Å². The van der Waals surface area contributed by atoms with Crippen LogP contribution in [0.2, 0.25) is 0 Å². The average Bonchev–Trinajstić information content (AvgIpc) is 1.99. The van der Waals surface area contributed by atoms with Crippen molar-refractivity contribution in [3.8, 4) is 0 Å². The Balaban J connectivity index is 2.00. The van der Waals surface area contributed by atoms with Crippen LogP contribution in [0.1, 0.15) is 32.6 Å². The van der Waals surface area contributed by atoms with Crippen LogP contribution in [-0.4, -0.2) is 12.7 Å². The van der Waals surface area contributed by atoms with Crippen molar-refractivity contribution < 1.29 is 4.74 Å². The van der Waals surface area contributed by atoms with Gasteiger partial charge in [-0.1, -0.05) is 6.42 Å². The minimum atomic E-state index is 0.552. The smallest absolute Gasteiger partial charge is 0.0575 e. The molecule has 0 aromatic heterocycles. The van der Waals surface area contributed by atoms with Crippen molar-refractivity contribution in [1.82, 2.24) is 0 Å². The van der Waals surface area contributed by atoms with Crippen LogP contribution in [0.5, 0.6) is 0 Å². The van der Waals surface area contributed by atoms with Crippen LogP contribution < -0.4 is 0 Å². The second-order valence-electron chi connectivity index (χ2n) is 3.83. The molecule has 2 rings (SSSR count). The second kappa shape index (κ2) is 2.54. The number of hydrogen-bond acceptors (Lipinski definition) is 1. The van der Waals surface area contributed by atoms with Crippen LogP contribution in [-0.2, 0) is 4.74 Å². The lowest BCUT2D eigenvalue weighted by molar-refractivity contribution is -0.0661. The summed E-state index contributed by atoms with van der Waals surface area (Å²) in [5, 5.41) is 0. The molecule has 2 fully saturated rings. The van der Waals surface area contributed by atoms with Gasteiger partial charge in [0.25, 0.3) is 0 Å². The number of ether oxygens (including phenoxy) is 1. The standard InChI is InChI=1S/C9H16O/c1-7-9-4-2-3-8(5-9)6-10-7/h7-9H,2-6H2,1H3. The highest BCUT2D eigenvalue weighted by Gasteiger charge is 2.31. The van der Waals surface area contributed by atoms with E-state index in [0.717, 1.165) is 18.4 Å². The van der Waals surface area contributed by atoms with Gasteiger partial charge in [-0.25, -0.2) is 0 Å². The van der Waals surface area contributed by atoms with E-state index < -0.39 is 0 Å². The van der Waals surface area contributed by atoms with E-state index >= 15 is 0 Å². The van der Waals surface area contributed by atoms with E-state index in [9.17, 15) is 0 Å². The molecule has 1 heteroatoms. The average molecular weight is 140 g/mol. The predicted molar refractivity (Wildman–Crippen MR) is 40.9 cm³/mol. The molecular formula is C9H16O.